The Labute approximate surface area is 181 Å². The van der Waals surface area contributed by atoms with E-state index in [0.717, 1.165) is 30.6 Å². The maximum Gasteiger partial charge on any atom is 0.453 e. The molecule has 0 N–H and O–H groups in total. The zero-order chi connectivity index (χ0) is 21.8. The minimum absolute atomic E-state index is 0.0145. The van der Waals surface area contributed by atoms with Gasteiger partial charge in [-0.15, -0.1) is 16.4 Å². The van der Waals surface area contributed by atoms with Crippen LogP contribution in [0.5, 0.6) is 0 Å². The minimum Gasteiger partial charge on any atom is -0.337 e. The zero-order valence-corrected chi connectivity index (χ0v) is 17.9. The standard InChI is InChI=1S/C21H22F3N5OS/c1-12-9-15(29-20(25-12)26-19(27-29)21(22,23)24)14-6-4-8-28(11-14)18(30)17-10-13-5-2-3-7-16(13)31-17/h9-10,14H,2-8,11H2,1H3. The van der Waals surface area contributed by atoms with E-state index in [1.54, 1.807) is 24.3 Å². The Kier molecular flexibility index (Phi) is 4.99. The third-order valence-electron chi connectivity index (χ3n) is 6.06. The maximum absolute atomic E-state index is 13.2. The van der Waals surface area contributed by atoms with E-state index in [2.05, 4.69) is 15.1 Å². The molecule has 1 aliphatic heterocycles. The van der Waals surface area contributed by atoms with Crippen molar-refractivity contribution in [3.8, 4) is 0 Å². The van der Waals surface area contributed by atoms with Gasteiger partial charge in [-0.25, -0.2) is 9.50 Å². The van der Waals surface area contributed by atoms with E-state index in [1.165, 1.54) is 27.8 Å². The van der Waals surface area contributed by atoms with E-state index in [1.807, 2.05) is 11.0 Å². The number of alkyl halides is 3. The van der Waals surface area contributed by atoms with Gasteiger partial charge in [0.15, 0.2) is 0 Å². The highest BCUT2D eigenvalue weighted by Gasteiger charge is 2.37. The summed E-state index contributed by atoms with van der Waals surface area (Å²) in [6.45, 7) is 2.82. The number of nitrogens with zero attached hydrogens (tertiary/aromatic N) is 5. The second-order valence-electron chi connectivity index (χ2n) is 8.32. The van der Waals surface area contributed by atoms with Gasteiger partial charge in [0.2, 0.25) is 0 Å². The van der Waals surface area contributed by atoms with Gasteiger partial charge in [0.1, 0.15) is 0 Å². The Morgan fingerprint density at radius 2 is 1.97 bits per heavy atom. The molecule has 1 atom stereocenters. The maximum atomic E-state index is 13.2. The molecule has 164 valence electrons. The zero-order valence-electron chi connectivity index (χ0n) is 17.1. The minimum atomic E-state index is -4.63. The van der Waals surface area contributed by atoms with Gasteiger partial charge in [0, 0.05) is 29.6 Å². The van der Waals surface area contributed by atoms with Crippen LogP contribution in [-0.4, -0.2) is 43.5 Å². The molecule has 1 fully saturated rings. The molecule has 10 heteroatoms. The fourth-order valence-electron chi connectivity index (χ4n) is 4.58. The normalized spacial score (nSPS) is 19.6. The van der Waals surface area contributed by atoms with Crippen molar-refractivity contribution >= 4 is 23.0 Å². The molecular formula is C21H22F3N5OS. The number of hydrogen-bond acceptors (Lipinski definition) is 5. The van der Waals surface area contributed by atoms with Crippen molar-refractivity contribution in [2.45, 2.75) is 57.5 Å². The highest BCUT2D eigenvalue weighted by Crippen LogP contribution is 2.33. The molecule has 2 aliphatic rings. The van der Waals surface area contributed by atoms with Crippen molar-refractivity contribution in [2.24, 2.45) is 0 Å². The number of carbonyl (C=O) groups is 1. The van der Waals surface area contributed by atoms with Gasteiger partial charge < -0.3 is 4.90 Å². The van der Waals surface area contributed by atoms with Crippen LogP contribution in [-0.2, 0) is 19.0 Å². The summed E-state index contributed by atoms with van der Waals surface area (Å²) < 4.78 is 40.6. The number of carbonyl (C=O) groups excluding carboxylic acids is 1. The fraction of sp³-hybridized carbons (Fsp3) is 0.524. The molecule has 0 spiro atoms. The van der Waals surface area contributed by atoms with Crippen LogP contribution < -0.4 is 0 Å². The van der Waals surface area contributed by atoms with Crippen LogP contribution in [0.15, 0.2) is 12.1 Å². The highest BCUT2D eigenvalue weighted by molar-refractivity contribution is 7.14. The van der Waals surface area contributed by atoms with Crippen molar-refractivity contribution in [1.29, 1.82) is 0 Å². The molecule has 1 aliphatic carbocycles. The SMILES string of the molecule is Cc1cc(C2CCCN(C(=O)c3cc4c(s3)CCCC4)C2)n2nc(C(F)(F)F)nc2n1. The third kappa shape index (κ3) is 3.81. The van der Waals surface area contributed by atoms with Gasteiger partial charge in [-0.2, -0.15) is 18.2 Å². The summed E-state index contributed by atoms with van der Waals surface area (Å²) in [6, 6.07) is 3.79. The Morgan fingerprint density at radius 1 is 1.16 bits per heavy atom. The Balaban J connectivity index is 1.44. The number of piperidine rings is 1. The number of thiophene rings is 1. The summed E-state index contributed by atoms with van der Waals surface area (Å²) in [6.07, 6.45) is 1.32. The number of likely N-dealkylation sites (tertiary alicyclic amines) is 1. The average molecular weight is 450 g/mol. The summed E-state index contributed by atoms with van der Waals surface area (Å²) >= 11 is 1.59. The van der Waals surface area contributed by atoms with Gasteiger partial charge in [-0.1, -0.05) is 0 Å². The molecule has 5 rings (SSSR count). The highest BCUT2D eigenvalue weighted by atomic mass is 32.1. The topological polar surface area (TPSA) is 63.4 Å². The second-order valence-corrected chi connectivity index (χ2v) is 9.46. The van der Waals surface area contributed by atoms with Crippen LogP contribution in [0.1, 0.15) is 68.9 Å². The number of aromatic nitrogens is 4. The molecule has 0 bridgehead atoms. The molecule has 0 saturated carbocycles. The van der Waals surface area contributed by atoms with Crippen molar-refractivity contribution in [2.75, 3.05) is 13.1 Å². The quantitative estimate of drug-likeness (QED) is 0.581. The van der Waals surface area contributed by atoms with Crippen molar-refractivity contribution in [1.82, 2.24) is 24.5 Å². The molecular weight excluding hydrogens is 427 g/mol. The van der Waals surface area contributed by atoms with Gasteiger partial charge in [-0.3, -0.25) is 4.79 Å². The molecule has 31 heavy (non-hydrogen) atoms. The van der Waals surface area contributed by atoms with E-state index < -0.39 is 12.0 Å². The molecule has 0 aromatic carbocycles. The first-order chi connectivity index (χ1) is 14.8. The average Bonchev–Trinajstić information content (AvgIpc) is 3.36. The summed E-state index contributed by atoms with van der Waals surface area (Å²) in [5.74, 6) is -1.36. The summed E-state index contributed by atoms with van der Waals surface area (Å²) in [7, 11) is 0. The first-order valence-electron chi connectivity index (χ1n) is 10.5. The smallest absolute Gasteiger partial charge is 0.337 e. The van der Waals surface area contributed by atoms with E-state index in [0.29, 0.717) is 24.5 Å². The molecule has 3 aromatic heterocycles. The molecule has 1 unspecified atom stereocenters. The first kappa shape index (κ1) is 20.4. The summed E-state index contributed by atoms with van der Waals surface area (Å²) in [4.78, 5) is 24.8. The van der Waals surface area contributed by atoms with Crippen LogP contribution in [0.4, 0.5) is 13.2 Å². The molecule has 3 aromatic rings. The predicted molar refractivity (Wildman–Crippen MR) is 109 cm³/mol. The lowest BCUT2D eigenvalue weighted by Crippen LogP contribution is -2.39. The predicted octanol–water partition coefficient (Wildman–Crippen LogP) is 4.41. The van der Waals surface area contributed by atoms with E-state index in [4.69, 9.17) is 0 Å². The van der Waals surface area contributed by atoms with Crippen LogP contribution in [0, 0.1) is 6.92 Å². The van der Waals surface area contributed by atoms with E-state index >= 15 is 0 Å². The van der Waals surface area contributed by atoms with Crippen molar-refractivity contribution < 1.29 is 18.0 Å². The second kappa shape index (κ2) is 7.58. The fourth-order valence-corrected chi connectivity index (χ4v) is 5.80. The van der Waals surface area contributed by atoms with E-state index in [-0.39, 0.29) is 17.6 Å². The number of amides is 1. The Bertz CT molecular complexity index is 1130. The van der Waals surface area contributed by atoms with Crippen LogP contribution in [0.25, 0.3) is 5.78 Å². The molecule has 0 radical (unpaired) electrons. The van der Waals surface area contributed by atoms with Crippen LogP contribution >= 0.6 is 11.3 Å². The van der Waals surface area contributed by atoms with Crippen LogP contribution in [0.2, 0.25) is 0 Å². The number of hydrogen-bond donors (Lipinski definition) is 0. The van der Waals surface area contributed by atoms with Crippen molar-refractivity contribution in [3.63, 3.8) is 0 Å². The lowest BCUT2D eigenvalue weighted by molar-refractivity contribution is -0.144. The summed E-state index contributed by atoms with van der Waals surface area (Å²) in [5.41, 5.74) is 2.49. The number of halogens is 3. The summed E-state index contributed by atoms with van der Waals surface area (Å²) in [5, 5.41) is 3.69. The first-order valence-corrected chi connectivity index (χ1v) is 11.3. The largest absolute Gasteiger partial charge is 0.453 e. The van der Waals surface area contributed by atoms with Crippen LogP contribution in [0.3, 0.4) is 0 Å². The number of aryl methyl sites for hydroxylation is 3. The van der Waals surface area contributed by atoms with E-state index in [9.17, 15) is 18.0 Å². The molecule has 1 amide bonds. The molecule has 6 nitrogen and oxygen atoms in total. The third-order valence-corrected chi connectivity index (χ3v) is 7.28. The Hall–Kier alpha value is -2.49. The lowest BCUT2D eigenvalue weighted by atomic mass is 9.94. The van der Waals surface area contributed by atoms with Gasteiger partial charge in [-0.05, 0) is 63.1 Å². The Morgan fingerprint density at radius 3 is 2.74 bits per heavy atom. The van der Waals surface area contributed by atoms with Gasteiger partial charge in [0.05, 0.1) is 10.6 Å². The number of rotatable bonds is 2. The lowest BCUT2D eigenvalue weighted by Gasteiger charge is -2.32. The van der Waals surface area contributed by atoms with Gasteiger partial charge >= 0.3 is 6.18 Å². The van der Waals surface area contributed by atoms with Gasteiger partial charge in [0.25, 0.3) is 17.5 Å². The molecule has 1 saturated heterocycles. The monoisotopic (exact) mass is 449 g/mol. The van der Waals surface area contributed by atoms with Crippen molar-refractivity contribution in [3.05, 3.63) is 44.7 Å². The number of fused-ring (bicyclic) bond motifs is 2. The molecule has 4 heterocycles.